The highest BCUT2D eigenvalue weighted by atomic mass is 16.5. The fraction of sp³-hybridized carbons (Fsp3) is 0.378. The van der Waals surface area contributed by atoms with Gasteiger partial charge in [0.05, 0.1) is 38.4 Å². The maximum atomic E-state index is 13.4. The summed E-state index contributed by atoms with van der Waals surface area (Å²) in [6, 6.07) is 20.8. The van der Waals surface area contributed by atoms with E-state index in [0.717, 1.165) is 47.5 Å². The molecule has 3 aromatic carbocycles. The molecule has 0 saturated carbocycles. The van der Waals surface area contributed by atoms with Gasteiger partial charge in [-0.05, 0) is 55.9 Å². The van der Waals surface area contributed by atoms with Crippen molar-refractivity contribution in [3.63, 3.8) is 0 Å². The van der Waals surface area contributed by atoms with Gasteiger partial charge < -0.3 is 29.7 Å². The van der Waals surface area contributed by atoms with Crippen molar-refractivity contribution in [3.8, 4) is 22.9 Å². The summed E-state index contributed by atoms with van der Waals surface area (Å²) in [7, 11) is 4.62. The summed E-state index contributed by atoms with van der Waals surface area (Å²) in [5, 5.41) is 13.9. The lowest BCUT2D eigenvalue weighted by Crippen LogP contribution is -2.41. The molecule has 0 aliphatic carbocycles. The molecular formula is C37H46N6O5. The van der Waals surface area contributed by atoms with Crippen LogP contribution in [0.2, 0.25) is 0 Å². The van der Waals surface area contributed by atoms with E-state index in [-0.39, 0.29) is 17.5 Å². The summed E-state index contributed by atoms with van der Waals surface area (Å²) in [6.45, 7) is 9.58. The summed E-state index contributed by atoms with van der Waals surface area (Å²) in [6.07, 6.45) is 2.47. The molecule has 0 bridgehead atoms. The highest BCUT2D eigenvalue weighted by molar-refractivity contribution is 6.00. The summed E-state index contributed by atoms with van der Waals surface area (Å²) in [5.41, 5.74) is 5.08. The number of carbonyl (C=O) groups excluding carboxylic acids is 2. The molecule has 0 spiro atoms. The highest BCUT2D eigenvalue weighted by Gasteiger charge is 2.25. The van der Waals surface area contributed by atoms with E-state index in [2.05, 4.69) is 36.7 Å². The summed E-state index contributed by atoms with van der Waals surface area (Å²) >= 11 is 0. The molecule has 0 atom stereocenters. The fourth-order valence-electron chi connectivity index (χ4n) is 5.82. The first-order valence-electron chi connectivity index (χ1n) is 16.2. The molecular weight excluding hydrogens is 608 g/mol. The number of carbonyl (C=O) groups is 2. The second-order valence-electron chi connectivity index (χ2n) is 13.1. The number of benzene rings is 3. The van der Waals surface area contributed by atoms with Crippen molar-refractivity contribution in [2.75, 3.05) is 50.4 Å². The average Bonchev–Trinajstić information content (AvgIpc) is 3.50. The molecule has 4 aromatic rings. The number of hydrogen-bond acceptors (Lipinski definition) is 6. The first-order chi connectivity index (χ1) is 23.0. The second-order valence-corrected chi connectivity index (χ2v) is 13.1. The number of rotatable bonds is 9. The Kier molecular flexibility index (Phi) is 10.5. The van der Waals surface area contributed by atoms with Gasteiger partial charge in [0.15, 0.2) is 11.5 Å². The van der Waals surface area contributed by atoms with Crippen molar-refractivity contribution >= 4 is 29.3 Å². The number of aryl methyl sites for hydroxylation is 1. The normalized spacial score (nSPS) is 13.5. The van der Waals surface area contributed by atoms with Crippen LogP contribution in [-0.4, -0.2) is 61.2 Å². The van der Waals surface area contributed by atoms with Gasteiger partial charge in [-0.2, -0.15) is 5.10 Å². The van der Waals surface area contributed by atoms with Gasteiger partial charge in [-0.15, -0.1) is 0 Å². The van der Waals surface area contributed by atoms with Crippen LogP contribution in [0.4, 0.5) is 26.8 Å². The molecule has 11 heteroatoms. The summed E-state index contributed by atoms with van der Waals surface area (Å²) < 4.78 is 18.0. The van der Waals surface area contributed by atoms with Crippen molar-refractivity contribution in [1.82, 2.24) is 14.7 Å². The lowest BCUT2D eigenvalue weighted by Gasteiger charge is -2.32. The van der Waals surface area contributed by atoms with E-state index < -0.39 is 0 Å². The largest absolute Gasteiger partial charge is 0.493 e. The molecule has 254 valence electrons. The van der Waals surface area contributed by atoms with Crippen molar-refractivity contribution in [2.24, 2.45) is 5.92 Å². The number of methoxy groups -OCH3 is 3. The third-order valence-electron chi connectivity index (χ3n) is 8.59. The molecule has 0 unspecified atom stereocenters. The number of anilines is 3. The first-order valence-corrected chi connectivity index (χ1v) is 16.2. The van der Waals surface area contributed by atoms with Crippen molar-refractivity contribution in [3.05, 3.63) is 83.6 Å². The number of hydrogen-bond donors (Lipinski definition) is 3. The Morgan fingerprint density at radius 1 is 0.854 bits per heavy atom. The van der Waals surface area contributed by atoms with Crippen molar-refractivity contribution < 1.29 is 23.8 Å². The van der Waals surface area contributed by atoms with Gasteiger partial charge in [-0.25, -0.2) is 14.3 Å². The van der Waals surface area contributed by atoms with Crippen LogP contribution in [0.25, 0.3) is 5.69 Å². The van der Waals surface area contributed by atoms with Crippen LogP contribution in [-0.2, 0) is 11.8 Å². The third kappa shape index (κ3) is 8.02. The molecule has 48 heavy (non-hydrogen) atoms. The Bertz CT molecular complexity index is 1710. The maximum Gasteiger partial charge on any atom is 0.324 e. The number of nitrogens with zero attached hydrogens (tertiary/aromatic N) is 3. The number of aromatic nitrogens is 2. The van der Waals surface area contributed by atoms with Gasteiger partial charge in [0, 0.05) is 42.4 Å². The van der Waals surface area contributed by atoms with Gasteiger partial charge in [0.25, 0.3) is 0 Å². The van der Waals surface area contributed by atoms with E-state index in [1.807, 2.05) is 66.4 Å². The van der Waals surface area contributed by atoms with Crippen LogP contribution in [0.5, 0.6) is 17.2 Å². The zero-order chi connectivity index (χ0) is 34.4. The van der Waals surface area contributed by atoms with Crippen LogP contribution in [0, 0.1) is 12.8 Å². The van der Waals surface area contributed by atoms with E-state index >= 15 is 0 Å². The quantitative estimate of drug-likeness (QED) is 0.171. The molecule has 2 heterocycles. The topological polar surface area (TPSA) is 119 Å². The molecule has 1 aliphatic heterocycles. The molecule has 11 nitrogen and oxygen atoms in total. The third-order valence-corrected chi connectivity index (χ3v) is 8.59. The Hall–Kier alpha value is -5.19. The Labute approximate surface area is 282 Å². The van der Waals surface area contributed by atoms with Crippen molar-refractivity contribution in [1.29, 1.82) is 0 Å². The fourth-order valence-corrected chi connectivity index (χ4v) is 5.82. The molecule has 5 rings (SSSR count). The maximum absolute atomic E-state index is 13.4. The molecule has 3 N–H and O–H groups in total. The molecule has 1 fully saturated rings. The minimum Gasteiger partial charge on any atom is -0.493 e. The Morgan fingerprint density at radius 3 is 2.10 bits per heavy atom. The number of amides is 4. The lowest BCUT2D eigenvalue weighted by molar-refractivity contribution is 0.182. The van der Waals surface area contributed by atoms with Gasteiger partial charge in [-0.3, -0.25) is 5.32 Å². The van der Waals surface area contributed by atoms with Crippen LogP contribution in [0.3, 0.4) is 0 Å². The van der Waals surface area contributed by atoms with Crippen LogP contribution < -0.4 is 30.2 Å². The number of nitrogens with one attached hydrogen (secondary N) is 3. The number of piperidine rings is 1. The molecule has 1 saturated heterocycles. The Balaban J connectivity index is 1.21. The van der Waals surface area contributed by atoms with E-state index in [4.69, 9.17) is 19.3 Å². The Morgan fingerprint density at radius 2 is 1.50 bits per heavy atom. The zero-order valence-corrected chi connectivity index (χ0v) is 28.8. The zero-order valence-electron chi connectivity index (χ0n) is 28.8. The smallest absolute Gasteiger partial charge is 0.324 e. The number of urea groups is 2. The number of likely N-dealkylation sites (tertiary alicyclic amines) is 1. The predicted octanol–water partition coefficient (Wildman–Crippen LogP) is 7.63. The van der Waals surface area contributed by atoms with E-state index in [1.165, 1.54) is 7.11 Å². The second kappa shape index (κ2) is 14.7. The lowest BCUT2D eigenvalue weighted by atomic mass is 9.89. The summed E-state index contributed by atoms with van der Waals surface area (Å²) in [4.78, 5) is 28.3. The predicted molar refractivity (Wildman–Crippen MR) is 189 cm³/mol. The van der Waals surface area contributed by atoms with Gasteiger partial charge in [-0.1, -0.05) is 56.7 Å². The highest BCUT2D eigenvalue weighted by Crippen LogP contribution is 2.40. The number of para-hydroxylation sites is 1. The van der Waals surface area contributed by atoms with Crippen molar-refractivity contribution in [2.45, 2.75) is 52.4 Å². The standard InChI is InChI=1S/C37H46N6O5/c1-24-12-14-28(15-13-24)43-33(23-32(41-43)37(2,3)4)40-35(44)39-29-11-9-8-10-26(29)20-25-16-18-42(19-17-25)36(45)38-27-21-30(46-5)34(48-7)31(22-27)47-6/h8-15,21-23,25H,16-20H2,1-7H3,(H,38,45)(H2,39,40,44). The molecule has 4 amide bonds. The van der Waals surface area contributed by atoms with Crippen LogP contribution >= 0.6 is 0 Å². The SMILES string of the molecule is COc1cc(NC(=O)N2CCC(Cc3ccccc3NC(=O)Nc3cc(C(C)(C)C)nn3-c3ccc(C)cc3)CC2)cc(OC)c1OC. The van der Waals surface area contributed by atoms with Gasteiger partial charge >= 0.3 is 12.1 Å². The van der Waals surface area contributed by atoms with Crippen LogP contribution in [0.15, 0.2) is 66.7 Å². The summed E-state index contributed by atoms with van der Waals surface area (Å²) in [5.74, 6) is 2.36. The van der Waals surface area contributed by atoms with Gasteiger partial charge in [0.1, 0.15) is 5.82 Å². The molecule has 1 aliphatic rings. The molecule has 0 radical (unpaired) electrons. The monoisotopic (exact) mass is 654 g/mol. The van der Waals surface area contributed by atoms with E-state index in [1.54, 1.807) is 31.0 Å². The minimum atomic E-state index is -0.338. The minimum absolute atomic E-state index is 0.180. The van der Waals surface area contributed by atoms with E-state index in [0.29, 0.717) is 47.8 Å². The first kappa shape index (κ1) is 34.2. The van der Waals surface area contributed by atoms with E-state index in [9.17, 15) is 9.59 Å². The van der Waals surface area contributed by atoms with Crippen LogP contribution in [0.1, 0.15) is 50.4 Å². The number of ether oxygens (including phenoxy) is 3. The molecule has 1 aromatic heterocycles. The van der Waals surface area contributed by atoms with Gasteiger partial charge in [0.2, 0.25) is 5.75 Å². The average molecular weight is 655 g/mol.